The van der Waals surface area contributed by atoms with Crippen molar-refractivity contribution in [3.05, 3.63) is 52.2 Å². The third-order valence-electron chi connectivity index (χ3n) is 6.66. The number of nitrogens with one attached hydrogen (secondary N) is 1. The number of esters is 1. The summed E-state index contributed by atoms with van der Waals surface area (Å²) in [6.07, 6.45) is 2.36. The lowest BCUT2D eigenvalue weighted by molar-refractivity contribution is 0.0531. The number of hydrogen-bond donors (Lipinski definition) is 1. The summed E-state index contributed by atoms with van der Waals surface area (Å²) in [5.41, 5.74) is 2.08. The predicted octanol–water partition coefficient (Wildman–Crippen LogP) is 4.66. The van der Waals surface area contributed by atoms with Gasteiger partial charge in [-0.1, -0.05) is 30.3 Å². The Balaban J connectivity index is 1.67. The van der Waals surface area contributed by atoms with Gasteiger partial charge < -0.3 is 19.9 Å². The molecule has 182 valence electrons. The van der Waals surface area contributed by atoms with Crippen LogP contribution in [0.1, 0.15) is 52.4 Å². The summed E-state index contributed by atoms with van der Waals surface area (Å²) in [4.78, 5) is 28.2. The number of hydrogen-bond acceptors (Lipinski definition) is 8. The normalized spacial score (nSPS) is 16.2. The van der Waals surface area contributed by atoms with Gasteiger partial charge in [0, 0.05) is 12.6 Å². The number of rotatable bonds is 8. The third kappa shape index (κ3) is 5.40. The minimum Gasteiger partial charge on any atom is -0.462 e. The Labute approximate surface area is 206 Å². The molecule has 2 aromatic heterocycles. The summed E-state index contributed by atoms with van der Waals surface area (Å²) in [5, 5.41) is 4.64. The number of carbonyl (C=O) groups is 1. The van der Waals surface area contributed by atoms with Crippen molar-refractivity contribution >= 4 is 33.3 Å². The van der Waals surface area contributed by atoms with Crippen molar-refractivity contribution in [2.24, 2.45) is 0 Å². The molecule has 0 unspecified atom stereocenters. The van der Waals surface area contributed by atoms with E-state index in [0.717, 1.165) is 41.2 Å². The molecule has 0 amide bonds. The fourth-order valence-corrected chi connectivity index (χ4v) is 5.82. The lowest BCUT2D eigenvalue weighted by atomic mass is 10.0. The number of anilines is 1. The first-order valence-corrected chi connectivity index (χ1v) is 12.8. The lowest BCUT2D eigenvalue weighted by Gasteiger charge is -2.37. The Morgan fingerprint density at radius 1 is 1.24 bits per heavy atom. The summed E-state index contributed by atoms with van der Waals surface area (Å²) in [6, 6.07) is 11.1. The number of piperidine rings is 1. The second-order valence-corrected chi connectivity index (χ2v) is 10.2. The van der Waals surface area contributed by atoms with E-state index in [1.807, 2.05) is 26.8 Å². The van der Waals surface area contributed by atoms with E-state index >= 15 is 0 Å². The molecule has 1 aromatic carbocycles. The number of likely N-dealkylation sites (N-methyl/N-ethyl adjacent to an activating group) is 1. The smallest absolute Gasteiger partial charge is 0.348 e. The molecule has 1 aliphatic rings. The van der Waals surface area contributed by atoms with Gasteiger partial charge in [-0.2, -0.15) is 0 Å². The van der Waals surface area contributed by atoms with Crippen LogP contribution in [0.4, 0.5) is 5.82 Å². The molecule has 3 heterocycles. The molecule has 0 bridgehead atoms. The molecule has 0 spiro atoms. The highest BCUT2D eigenvalue weighted by molar-refractivity contribution is 7.20. The fraction of sp³-hybridized carbons (Fsp3) is 0.500. The molecule has 3 aromatic rings. The molecular weight excluding hydrogens is 446 g/mol. The summed E-state index contributed by atoms with van der Waals surface area (Å²) in [5.74, 6) is 1.16. The highest BCUT2D eigenvalue weighted by Gasteiger charge is 2.26. The zero-order valence-corrected chi connectivity index (χ0v) is 21.6. The van der Waals surface area contributed by atoms with Gasteiger partial charge in [-0.05, 0) is 71.9 Å². The maximum atomic E-state index is 12.5. The minimum absolute atomic E-state index is 0.0497. The summed E-state index contributed by atoms with van der Waals surface area (Å²) >= 11 is 1.38. The van der Waals surface area contributed by atoms with Crippen LogP contribution in [-0.4, -0.2) is 72.1 Å². The number of fused-ring (bicyclic) bond motifs is 1. The Morgan fingerprint density at radius 3 is 2.62 bits per heavy atom. The van der Waals surface area contributed by atoms with Crippen LogP contribution in [0, 0.1) is 13.8 Å². The van der Waals surface area contributed by atoms with Gasteiger partial charge in [0.25, 0.3) is 0 Å². The van der Waals surface area contributed by atoms with Crippen molar-refractivity contribution in [3.8, 4) is 0 Å². The van der Waals surface area contributed by atoms with Crippen LogP contribution in [0.5, 0.6) is 0 Å². The van der Waals surface area contributed by atoms with E-state index in [-0.39, 0.29) is 12.0 Å². The number of aryl methyl sites for hydroxylation is 2. The van der Waals surface area contributed by atoms with Gasteiger partial charge in [-0.25, -0.2) is 14.8 Å². The molecule has 0 aliphatic carbocycles. The second kappa shape index (κ2) is 10.8. The highest BCUT2D eigenvalue weighted by Crippen LogP contribution is 2.36. The maximum Gasteiger partial charge on any atom is 0.348 e. The van der Waals surface area contributed by atoms with E-state index in [2.05, 4.69) is 58.5 Å². The zero-order chi connectivity index (χ0) is 24.2. The quantitative estimate of drug-likeness (QED) is 0.469. The Morgan fingerprint density at radius 2 is 1.94 bits per heavy atom. The van der Waals surface area contributed by atoms with Crippen molar-refractivity contribution in [2.75, 3.05) is 45.7 Å². The number of ether oxygens (including phenoxy) is 1. The molecule has 1 aliphatic heterocycles. The van der Waals surface area contributed by atoms with Gasteiger partial charge >= 0.3 is 5.97 Å². The number of nitrogens with zero attached hydrogens (tertiary/aromatic N) is 4. The maximum absolute atomic E-state index is 12.5. The van der Waals surface area contributed by atoms with Gasteiger partial charge in [0.05, 0.1) is 18.0 Å². The number of thiophene rings is 1. The monoisotopic (exact) mass is 481 g/mol. The Hall–Kier alpha value is -2.55. The highest BCUT2D eigenvalue weighted by atomic mass is 32.1. The van der Waals surface area contributed by atoms with Gasteiger partial charge in [0.1, 0.15) is 21.3 Å². The number of aromatic nitrogens is 2. The van der Waals surface area contributed by atoms with E-state index in [1.165, 1.54) is 29.7 Å². The average Bonchev–Trinajstić information content (AvgIpc) is 3.16. The van der Waals surface area contributed by atoms with Crippen molar-refractivity contribution in [1.82, 2.24) is 19.8 Å². The van der Waals surface area contributed by atoms with Crippen molar-refractivity contribution in [3.63, 3.8) is 0 Å². The first kappa shape index (κ1) is 24.6. The SMILES string of the molecule is CCOC(=O)c1sc2nc(C)nc(N[C@@H](CN(C)C3CCN(C)CC3)c3ccccc3)c2c1C. The first-order chi connectivity index (χ1) is 16.4. The summed E-state index contributed by atoms with van der Waals surface area (Å²) in [7, 11) is 4.42. The number of benzene rings is 1. The third-order valence-corrected chi connectivity index (χ3v) is 7.82. The zero-order valence-electron chi connectivity index (χ0n) is 20.8. The molecule has 1 saturated heterocycles. The molecule has 1 atom stereocenters. The van der Waals surface area contributed by atoms with Gasteiger partial charge in [0.15, 0.2) is 0 Å². The molecule has 8 heteroatoms. The minimum atomic E-state index is -0.298. The Bertz CT molecular complexity index is 1130. The predicted molar refractivity (Wildman–Crippen MR) is 139 cm³/mol. The standard InChI is InChI=1S/C26H35N5O2S/c1-6-33-26(32)23-17(2)22-24(27-18(3)28-25(22)34-23)29-21(19-10-8-7-9-11-19)16-31(5)20-12-14-30(4)15-13-20/h7-11,20-21H,6,12-16H2,1-5H3,(H,27,28,29)/t21-/m0/s1. The van der Waals surface area contributed by atoms with Crippen molar-refractivity contribution in [2.45, 2.75) is 45.7 Å². The van der Waals surface area contributed by atoms with Gasteiger partial charge in [0.2, 0.25) is 0 Å². The van der Waals surface area contributed by atoms with Crippen molar-refractivity contribution < 1.29 is 9.53 Å². The summed E-state index contributed by atoms with van der Waals surface area (Å²) < 4.78 is 5.28. The lowest BCUT2D eigenvalue weighted by Crippen LogP contribution is -2.44. The summed E-state index contributed by atoms with van der Waals surface area (Å²) in [6.45, 7) is 9.15. The second-order valence-electron chi connectivity index (χ2n) is 9.16. The number of carbonyl (C=O) groups excluding carboxylic acids is 1. The molecule has 1 fully saturated rings. The van der Waals surface area contributed by atoms with E-state index in [9.17, 15) is 4.79 Å². The molecular formula is C26H35N5O2S. The van der Waals surface area contributed by atoms with Crippen LogP contribution in [0.15, 0.2) is 30.3 Å². The van der Waals surface area contributed by atoms with E-state index in [1.54, 1.807) is 0 Å². The molecule has 34 heavy (non-hydrogen) atoms. The molecule has 4 rings (SSSR count). The number of likely N-dealkylation sites (tertiary alicyclic amines) is 1. The first-order valence-electron chi connectivity index (χ1n) is 12.0. The van der Waals surface area contributed by atoms with E-state index < -0.39 is 0 Å². The van der Waals surface area contributed by atoms with Crippen LogP contribution in [0.25, 0.3) is 10.2 Å². The molecule has 0 radical (unpaired) electrons. The van der Waals surface area contributed by atoms with E-state index in [0.29, 0.717) is 23.4 Å². The van der Waals surface area contributed by atoms with Crippen LogP contribution < -0.4 is 5.32 Å². The largest absolute Gasteiger partial charge is 0.462 e. The average molecular weight is 482 g/mol. The molecule has 1 N–H and O–H groups in total. The van der Waals surface area contributed by atoms with E-state index in [4.69, 9.17) is 9.72 Å². The van der Waals surface area contributed by atoms with Crippen LogP contribution in [0.3, 0.4) is 0 Å². The molecule has 7 nitrogen and oxygen atoms in total. The Kier molecular flexibility index (Phi) is 7.80. The van der Waals surface area contributed by atoms with Crippen LogP contribution in [0.2, 0.25) is 0 Å². The topological polar surface area (TPSA) is 70.6 Å². The van der Waals surface area contributed by atoms with Crippen LogP contribution >= 0.6 is 11.3 Å². The fourth-order valence-electron chi connectivity index (χ4n) is 4.70. The molecule has 0 saturated carbocycles. The van der Waals surface area contributed by atoms with Gasteiger partial charge in [-0.15, -0.1) is 11.3 Å². The van der Waals surface area contributed by atoms with Gasteiger partial charge in [-0.3, -0.25) is 0 Å². The van der Waals surface area contributed by atoms with Crippen molar-refractivity contribution in [1.29, 1.82) is 0 Å². The van der Waals surface area contributed by atoms with Crippen LogP contribution in [-0.2, 0) is 4.74 Å².